The number of hydrogen-bond donors (Lipinski definition) is 0. The maximum absolute atomic E-state index is 12.8. The van der Waals surface area contributed by atoms with Crippen LogP contribution in [0, 0.1) is 36.5 Å². The van der Waals surface area contributed by atoms with Gasteiger partial charge in [-0.15, -0.1) is 0 Å². The number of ether oxygens (including phenoxy) is 2. The average molecular weight is 497 g/mol. The Bertz CT molecular complexity index is 1360. The Morgan fingerprint density at radius 2 is 1.76 bits per heavy atom. The van der Waals surface area contributed by atoms with E-state index in [4.69, 9.17) is 14.7 Å². The standard InChI is InChI=1S/C29H28N4O4/c1-4-36-27-13-11-26(12-14-27)33-21(2)17-23(22(33)3)18-24(19-31)29(35)37-20-28(34)32(16-8-15-30)25-9-6-5-7-10-25/h5-7,9-14,17-18H,4,8,16,20H2,1-3H3/b24-18+. The number of anilines is 1. The number of carbonyl (C=O) groups excluding carboxylic acids is 2. The first-order valence-corrected chi connectivity index (χ1v) is 11.8. The molecule has 2 aromatic carbocycles. The highest BCUT2D eigenvalue weighted by Crippen LogP contribution is 2.25. The molecular weight excluding hydrogens is 468 g/mol. The van der Waals surface area contributed by atoms with Gasteiger partial charge in [0.1, 0.15) is 17.4 Å². The van der Waals surface area contributed by atoms with Crippen LogP contribution in [0.2, 0.25) is 0 Å². The maximum Gasteiger partial charge on any atom is 0.349 e. The first-order valence-electron chi connectivity index (χ1n) is 11.8. The number of hydrogen-bond acceptors (Lipinski definition) is 6. The molecule has 0 fully saturated rings. The molecule has 1 aromatic heterocycles. The molecule has 0 saturated carbocycles. The molecule has 0 saturated heterocycles. The second-order valence-corrected chi connectivity index (χ2v) is 8.12. The number of aromatic nitrogens is 1. The second-order valence-electron chi connectivity index (χ2n) is 8.12. The van der Waals surface area contributed by atoms with Gasteiger partial charge in [0.05, 0.1) is 19.1 Å². The molecule has 0 aliphatic carbocycles. The Labute approximate surface area is 216 Å². The number of nitriles is 2. The summed E-state index contributed by atoms with van der Waals surface area (Å²) in [6.45, 7) is 5.95. The summed E-state index contributed by atoms with van der Waals surface area (Å²) >= 11 is 0. The monoisotopic (exact) mass is 496 g/mol. The van der Waals surface area contributed by atoms with Crippen LogP contribution in [-0.2, 0) is 14.3 Å². The fourth-order valence-corrected chi connectivity index (χ4v) is 3.93. The molecule has 0 atom stereocenters. The van der Waals surface area contributed by atoms with Crippen molar-refractivity contribution in [3.63, 3.8) is 0 Å². The van der Waals surface area contributed by atoms with Gasteiger partial charge in [0.15, 0.2) is 6.61 Å². The lowest BCUT2D eigenvalue weighted by molar-refractivity contribution is -0.143. The predicted octanol–water partition coefficient (Wildman–Crippen LogP) is 4.89. The van der Waals surface area contributed by atoms with E-state index in [2.05, 4.69) is 0 Å². The van der Waals surface area contributed by atoms with Crippen molar-refractivity contribution < 1.29 is 19.1 Å². The first kappa shape index (κ1) is 26.8. The molecule has 1 amide bonds. The average Bonchev–Trinajstić information content (AvgIpc) is 3.19. The summed E-state index contributed by atoms with van der Waals surface area (Å²) in [5.74, 6) is -0.605. The summed E-state index contributed by atoms with van der Waals surface area (Å²) in [7, 11) is 0. The van der Waals surface area contributed by atoms with E-state index in [0.717, 1.165) is 22.8 Å². The lowest BCUT2D eigenvalue weighted by Gasteiger charge is -2.21. The largest absolute Gasteiger partial charge is 0.494 e. The summed E-state index contributed by atoms with van der Waals surface area (Å²) < 4.78 is 12.7. The molecule has 8 heteroatoms. The number of esters is 1. The fraction of sp³-hybridized carbons (Fsp3) is 0.241. The molecule has 0 aliphatic rings. The molecule has 0 bridgehead atoms. The van der Waals surface area contributed by atoms with Crippen LogP contribution >= 0.6 is 0 Å². The van der Waals surface area contributed by atoms with Crippen LogP contribution in [0.15, 0.2) is 66.2 Å². The summed E-state index contributed by atoms with van der Waals surface area (Å²) in [4.78, 5) is 26.8. The van der Waals surface area contributed by atoms with Crippen molar-refractivity contribution in [1.82, 2.24) is 4.57 Å². The van der Waals surface area contributed by atoms with Crippen LogP contribution < -0.4 is 9.64 Å². The van der Waals surface area contributed by atoms with Crippen molar-refractivity contribution in [2.45, 2.75) is 27.2 Å². The number of benzene rings is 2. The molecule has 3 rings (SSSR count). The van der Waals surface area contributed by atoms with Crippen LogP contribution in [0.25, 0.3) is 11.8 Å². The molecule has 0 spiro atoms. The minimum atomic E-state index is -0.894. The third-order valence-corrected chi connectivity index (χ3v) is 5.66. The van der Waals surface area contributed by atoms with Crippen molar-refractivity contribution in [3.05, 3.63) is 83.2 Å². The Kier molecular flexibility index (Phi) is 9.23. The van der Waals surface area contributed by atoms with Crippen molar-refractivity contribution in [1.29, 1.82) is 10.5 Å². The Morgan fingerprint density at radius 3 is 2.38 bits per heavy atom. The minimum absolute atomic E-state index is 0.127. The van der Waals surface area contributed by atoms with Gasteiger partial charge in [-0.2, -0.15) is 10.5 Å². The van der Waals surface area contributed by atoms with E-state index in [-0.39, 0.29) is 18.5 Å². The van der Waals surface area contributed by atoms with E-state index in [1.54, 1.807) is 24.3 Å². The van der Waals surface area contributed by atoms with Gasteiger partial charge >= 0.3 is 5.97 Å². The summed E-state index contributed by atoms with van der Waals surface area (Å²) in [5, 5.41) is 18.6. The molecular formula is C29H28N4O4. The fourth-order valence-electron chi connectivity index (χ4n) is 3.93. The quantitative estimate of drug-likeness (QED) is 0.225. The molecule has 0 radical (unpaired) electrons. The third-order valence-electron chi connectivity index (χ3n) is 5.66. The van der Waals surface area contributed by atoms with Crippen LogP contribution in [0.5, 0.6) is 5.75 Å². The maximum atomic E-state index is 12.8. The van der Waals surface area contributed by atoms with Gasteiger partial charge in [-0.1, -0.05) is 18.2 Å². The molecule has 37 heavy (non-hydrogen) atoms. The van der Waals surface area contributed by atoms with Gasteiger partial charge in [-0.25, -0.2) is 4.79 Å². The Morgan fingerprint density at radius 1 is 1.05 bits per heavy atom. The number of rotatable bonds is 10. The molecule has 3 aromatic rings. The Balaban J connectivity index is 1.76. The normalized spacial score (nSPS) is 10.8. The minimum Gasteiger partial charge on any atom is -0.494 e. The smallest absolute Gasteiger partial charge is 0.349 e. The van der Waals surface area contributed by atoms with Crippen molar-refractivity contribution in [2.24, 2.45) is 0 Å². The van der Waals surface area contributed by atoms with Gasteiger partial charge < -0.3 is 18.9 Å². The van der Waals surface area contributed by atoms with E-state index in [1.807, 2.05) is 73.9 Å². The zero-order valence-corrected chi connectivity index (χ0v) is 21.1. The molecule has 8 nitrogen and oxygen atoms in total. The van der Waals surface area contributed by atoms with Gasteiger partial charge in [-0.05, 0) is 74.9 Å². The second kappa shape index (κ2) is 12.8. The molecule has 188 valence electrons. The summed E-state index contributed by atoms with van der Waals surface area (Å²) in [6.07, 6.45) is 1.59. The van der Waals surface area contributed by atoms with Crippen LogP contribution in [-0.4, -0.2) is 36.2 Å². The molecule has 0 unspecified atom stereocenters. The molecule has 0 N–H and O–H groups in total. The first-order chi connectivity index (χ1) is 17.9. The SMILES string of the molecule is CCOc1ccc(-n2c(C)cc(/C=C(\C#N)C(=O)OCC(=O)N(CCC#N)c3ccccc3)c2C)cc1. The molecule has 0 aliphatic heterocycles. The van der Waals surface area contributed by atoms with Gasteiger partial charge in [0, 0.05) is 29.3 Å². The number of carbonyl (C=O) groups is 2. The highest BCUT2D eigenvalue weighted by atomic mass is 16.5. The zero-order chi connectivity index (χ0) is 26.8. The van der Waals surface area contributed by atoms with Crippen molar-refractivity contribution in [2.75, 3.05) is 24.7 Å². The number of nitrogens with zero attached hydrogens (tertiary/aromatic N) is 4. The van der Waals surface area contributed by atoms with Crippen molar-refractivity contribution in [3.8, 4) is 23.6 Å². The van der Waals surface area contributed by atoms with E-state index in [9.17, 15) is 14.9 Å². The number of aryl methyl sites for hydroxylation is 1. The van der Waals surface area contributed by atoms with Crippen LogP contribution in [0.4, 0.5) is 5.69 Å². The summed E-state index contributed by atoms with van der Waals surface area (Å²) in [5.41, 5.74) is 3.74. The van der Waals surface area contributed by atoms with E-state index < -0.39 is 18.5 Å². The highest BCUT2D eigenvalue weighted by molar-refractivity contribution is 6.00. The number of amides is 1. The predicted molar refractivity (Wildman–Crippen MR) is 140 cm³/mol. The van der Waals surface area contributed by atoms with Crippen LogP contribution in [0.1, 0.15) is 30.3 Å². The summed E-state index contributed by atoms with van der Waals surface area (Å²) in [6, 6.07) is 22.2. The van der Waals surface area contributed by atoms with E-state index in [0.29, 0.717) is 17.9 Å². The zero-order valence-electron chi connectivity index (χ0n) is 21.1. The van der Waals surface area contributed by atoms with Crippen molar-refractivity contribution >= 4 is 23.6 Å². The lowest BCUT2D eigenvalue weighted by Crippen LogP contribution is -2.35. The van der Waals surface area contributed by atoms with Crippen LogP contribution in [0.3, 0.4) is 0 Å². The highest BCUT2D eigenvalue weighted by Gasteiger charge is 2.20. The molecule has 1 heterocycles. The third kappa shape index (κ3) is 6.65. The van der Waals surface area contributed by atoms with Gasteiger partial charge in [0.25, 0.3) is 5.91 Å². The topological polar surface area (TPSA) is 108 Å². The van der Waals surface area contributed by atoms with Gasteiger partial charge in [-0.3, -0.25) is 4.79 Å². The van der Waals surface area contributed by atoms with Gasteiger partial charge in [0.2, 0.25) is 0 Å². The lowest BCUT2D eigenvalue weighted by atomic mass is 10.1. The Hall–Kier alpha value is -4.82. The number of para-hydroxylation sites is 1. The van der Waals surface area contributed by atoms with E-state index >= 15 is 0 Å². The van der Waals surface area contributed by atoms with E-state index in [1.165, 1.54) is 11.0 Å².